The largest absolute Gasteiger partial charge is 0.350 e. The van der Waals surface area contributed by atoms with Crippen LogP contribution in [0.1, 0.15) is 32.3 Å². The summed E-state index contributed by atoms with van der Waals surface area (Å²) in [5.74, 6) is 1.99. The van der Waals surface area contributed by atoms with E-state index in [1.54, 1.807) is 18.0 Å². The van der Waals surface area contributed by atoms with Crippen LogP contribution in [0.25, 0.3) is 4.91 Å². The van der Waals surface area contributed by atoms with Gasteiger partial charge < -0.3 is 10.6 Å². The van der Waals surface area contributed by atoms with Crippen molar-refractivity contribution < 1.29 is 0 Å². The lowest BCUT2D eigenvalue weighted by Gasteiger charge is -2.12. The normalized spacial score (nSPS) is 14.3. The van der Waals surface area contributed by atoms with Crippen molar-refractivity contribution in [2.24, 2.45) is 5.92 Å². The van der Waals surface area contributed by atoms with E-state index in [9.17, 15) is 0 Å². The van der Waals surface area contributed by atoms with Crippen LogP contribution in [-0.4, -0.2) is 22.3 Å². The molecule has 2 aromatic rings. The smallest absolute Gasteiger partial charge is 0.224 e. The summed E-state index contributed by atoms with van der Waals surface area (Å²) in [4.78, 5) is 10.9. The zero-order valence-corrected chi connectivity index (χ0v) is 20.7. The second-order valence-corrected chi connectivity index (χ2v) is 9.74. The van der Waals surface area contributed by atoms with Gasteiger partial charge in [0.1, 0.15) is 5.84 Å². The first-order valence-electron chi connectivity index (χ1n) is 9.93. The highest BCUT2D eigenvalue weighted by Gasteiger charge is 2.23. The lowest BCUT2D eigenvalue weighted by atomic mass is 10.2. The first-order valence-corrected chi connectivity index (χ1v) is 11.9. The third kappa shape index (κ3) is 7.23. The molecule has 0 unspecified atom stereocenters. The molecular formula is C23H25BrClN5S. The monoisotopic (exact) mass is 517 g/mol. The molecule has 31 heavy (non-hydrogen) atoms. The fourth-order valence-corrected chi connectivity index (χ4v) is 4.05. The number of nitrogens with one attached hydrogen (secondary N) is 3. The number of thioether (sulfide) groups is 1. The second-order valence-electron chi connectivity index (χ2n) is 7.23. The Labute approximate surface area is 201 Å². The molecular weight excluding hydrogens is 494 g/mol. The summed E-state index contributed by atoms with van der Waals surface area (Å²) in [7, 11) is 0. The minimum absolute atomic E-state index is 0.318. The Kier molecular flexibility index (Phi) is 8.35. The first-order chi connectivity index (χ1) is 14.9. The fourth-order valence-electron chi connectivity index (χ4n) is 2.80. The number of rotatable bonds is 9. The van der Waals surface area contributed by atoms with E-state index in [1.807, 2.05) is 43.3 Å². The molecule has 1 aromatic heterocycles. The van der Waals surface area contributed by atoms with Crippen LogP contribution in [0.15, 0.2) is 64.1 Å². The van der Waals surface area contributed by atoms with E-state index >= 15 is 0 Å². The van der Waals surface area contributed by atoms with Crippen molar-refractivity contribution in [1.82, 2.24) is 9.97 Å². The zero-order valence-electron chi connectivity index (χ0n) is 17.5. The molecule has 0 saturated heterocycles. The zero-order chi connectivity index (χ0) is 22.4. The van der Waals surface area contributed by atoms with E-state index < -0.39 is 0 Å². The minimum atomic E-state index is 0.318. The summed E-state index contributed by atoms with van der Waals surface area (Å²) in [5, 5.41) is 15.2. The molecule has 0 spiro atoms. The quantitative estimate of drug-likeness (QED) is 0.239. The highest BCUT2D eigenvalue weighted by atomic mass is 79.9. The maximum Gasteiger partial charge on any atom is 0.224 e. The molecule has 0 amide bonds. The van der Waals surface area contributed by atoms with Crippen molar-refractivity contribution in [3.05, 3.63) is 74.7 Å². The maximum atomic E-state index is 8.20. The van der Waals surface area contributed by atoms with Crippen molar-refractivity contribution in [3.8, 4) is 0 Å². The predicted octanol–water partition coefficient (Wildman–Crippen LogP) is 7.36. The average molecular weight is 519 g/mol. The van der Waals surface area contributed by atoms with Crippen LogP contribution in [0, 0.1) is 11.3 Å². The molecule has 3 N–H and O–H groups in total. The number of hydrogen-bond donors (Lipinski definition) is 3. The van der Waals surface area contributed by atoms with Crippen LogP contribution in [0.3, 0.4) is 0 Å². The van der Waals surface area contributed by atoms with Crippen molar-refractivity contribution >= 4 is 61.8 Å². The van der Waals surface area contributed by atoms with Gasteiger partial charge in [0, 0.05) is 27.6 Å². The fraction of sp³-hybridized carbons (Fsp3) is 0.261. The topological polar surface area (TPSA) is 73.7 Å². The van der Waals surface area contributed by atoms with Crippen LogP contribution in [0.5, 0.6) is 0 Å². The van der Waals surface area contributed by atoms with E-state index in [0.29, 0.717) is 39.6 Å². The molecule has 1 heterocycles. The summed E-state index contributed by atoms with van der Waals surface area (Å²) < 4.78 is 0.706. The third-order valence-electron chi connectivity index (χ3n) is 4.75. The molecule has 0 atom stereocenters. The number of hydrogen-bond acceptors (Lipinski definition) is 5. The van der Waals surface area contributed by atoms with Crippen molar-refractivity contribution in [2.45, 2.75) is 26.7 Å². The molecule has 1 saturated carbocycles. The van der Waals surface area contributed by atoms with Gasteiger partial charge in [-0.15, -0.1) is 0 Å². The Morgan fingerprint density at radius 2 is 2.06 bits per heavy atom. The molecule has 0 bridgehead atoms. The minimum Gasteiger partial charge on any atom is -0.350 e. The van der Waals surface area contributed by atoms with Gasteiger partial charge in [-0.1, -0.05) is 53.7 Å². The predicted molar refractivity (Wildman–Crippen MR) is 138 cm³/mol. The molecule has 0 aliphatic heterocycles. The van der Waals surface area contributed by atoms with Gasteiger partial charge in [0.05, 0.1) is 4.47 Å². The van der Waals surface area contributed by atoms with Crippen LogP contribution in [0.2, 0.25) is 5.02 Å². The van der Waals surface area contributed by atoms with Crippen molar-refractivity contribution in [1.29, 1.82) is 5.41 Å². The number of anilines is 2. The van der Waals surface area contributed by atoms with Crippen molar-refractivity contribution in [2.75, 3.05) is 17.2 Å². The summed E-state index contributed by atoms with van der Waals surface area (Å²) in [6, 6.07) is 7.64. The molecule has 8 heteroatoms. The first kappa shape index (κ1) is 23.6. The van der Waals surface area contributed by atoms with Gasteiger partial charge in [-0.2, -0.15) is 4.98 Å². The lowest BCUT2D eigenvalue weighted by Crippen LogP contribution is -2.13. The summed E-state index contributed by atoms with van der Waals surface area (Å²) in [5.41, 5.74) is 2.27. The van der Waals surface area contributed by atoms with E-state index in [-0.39, 0.29) is 0 Å². The molecule has 1 fully saturated rings. The van der Waals surface area contributed by atoms with Gasteiger partial charge in [0.2, 0.25) is 5.95 Å². The van der Waals surface area contributed by atoms with Crippen LogP contribution in [-0.2, 0) is 0 Å². The van der Waals surface area contributed by atoms with E-state index in [4.69, 9.17) is 17.0 Å². The van der Waals surface area contributed by atoms with Crippen LogP contribution in [0.4, 0.5) is 11.8 Å². The number of aromatic nitrogens is 2. The van der Waals surface area contributed by atoms with E-state index in [0.717, 1.165) is 15.4 Å². The number of nitrogens with zero attached hydrogens (tertiary/aromatic N) is 2. The molecule has 162 valence electrons. The number of allylic oxidation sites excluding steroid dienone is 2. The molecule has 0 radical (unpaired) electrons. The standard InChI is InChI=1S/C23H25BrClN5S/c1-4-19(31-15(3)17-7-9-18(25)10-8-17)12-27-23-28-13-20(24)22(30-23)29-21(26)11-14(2)16-5-6-16/h4,7-11,13,16H,3,5-6,12H2,1-2H3,(H3,26,27,28,29,30)/b14-11+,19-4-. The SMILES string of the molecule is C=C(S/C(=C\C)CNc1ncc(Br)c(NC(=N)/C=C(\C)C2CC2)n1)c1ccc(Cl)cc1. The van der Waals surface area contributed by atoms with Crippen LogP contribution < -0.4 is 10.6 Å². The van der Waals surface area contributed by atoms with E-state index in [1.165, 1.54) is 18.4 Å². The Morgan fingerprint density at radius 1 is 1.35 bits per heavy atom. The lowest BCUT2D eigenvalue weighted by molar-refractivity contribution is 1.01. The summed E-state index contributed by atoms with van der Waals surface area (Å²) in [6.07, 6.45) is 8.03. The van der Waals surface area contributed by atoms with Gasteiger partial charge in [-0.05, 0) is 72.3 Å². The number of halogens is 2. The summed E-state index contributed by atoms with van der Waals surface area (Å²) in [6.45, 7) is 8.80. The Balaban J connectivity index is 1.59. The van der Waals surface area contributed by atoms with Gasteiger partial charge in [0.25, 0.3) is 0 Å². The number of benzene rings is 1. The second kappa shape index (κ2) is 11.0. The number of amidine groups is 1. The Hall–Kier alpha value is -2.09. The maximum absolute atomic E-state index is 8.20. The highest BCUT2D eigenvalue weighted by Crippen LogP contribution is 2.36. The van der Waals surface area contributed by atoms with Crippen LogP contribution >= 0.6 is 39.3 Å². The van der Waals surface area contributed by atoms with Crippen molar-refractivity contribution in [3.63, 3.8) is 0 Å². The third-order valence-corrected chi connectivity index (χ3v) is 6.71. The molecule has 3 rings (SSSR count). The molecule has 5 nitrogen and oxygen atoms in total. The van der Waals surface area contributed by atoms with Gasteiger partial charge in [-0.3, -0.25) is 5.41 Å². The van der Waals surface area contributed by atoms with Gasteiger partial charge >= 0.3 is 0 Å². The average Bonchev–Trinajstić information content (AvgIpc) is 3.59. The molecule has 1 aromatic carbocycles. The summed E-state index contributed by atoms with van der Waals surface area (Å²) >= 11 is 11.0. The Bertz CT molecular complexity index is 1030. The molecule has 1 aliphatic rings. The molecule has 1 aliphatic carbocycles. The highest BCUT2D eigenvalue weighted by molar-refractivity contribution is 9.10. The van der Waals surface area contributed by atoms with Gasteiger partial charge in [-0.25, -0.2) is 4.98 Å². The van der Waals surface area contributed by atoms with E-state index in [2.05, 4.69) is 50.0 Å². The Morgan fingerprint density at radius 3 is 2.71 bits per heavy atom. The van der Waals surface area contributed by atoms with Gasteiger partial charge in [0.15, 0.2) is 5.82 Å².